The van der Waals surface area contributed by atoms with Crippen LogP contribution in [0.3, 0.4) is 0 Å². The van der Waals surface area contributed by atoms with Gasteiger partial charge in [-0.1, -0.05) is 12.8 Å². The van der Waals surface area contributed by atoms with Gasteiger partial charge in [0.25, 0.3) is 10.0 Å². The maximum absolute atomic E-state index is 12.3. The third kappa shape index (κ3) is 3.39. The minimum Gasteiger partial charge on any atom is -0.310 e. The van der Waals surface area contributed by atoms with E-state index in [2.05, 4.69) is 20.2 Å². The lowest BCUT2D eigenvalue weighted by Crippen LogP contribution is -2.27. The summed E-state index contributed by atoms with van der Waals surface area (Å²) >= 11 is 0. The van der Waals surface area contributed by atoms with Crippen molar-refractivity contribution in [3.8, 4) is 0 Å². The van der Waals surface area contributed by atoms with Crippen LogP contribution in [0.4, 0.5) is 0 Å². The Morgan fingerprint density at radius 1 is 1.30 bits per heavy atom. The van der Waals surface area contributed by atoms with Gasteiger partial charge in [-0.2, -0.15) is 5.10 Å². The first-order valence-electron chi connectivity index (χ1n) is 7.33. The Bertz CT molecular complexity index is 573. The number of nitrogens with zero attached hydrogens (tertiary/aromatic N) is 1. The smallest absolute Gasteiger partial charge is 0.260 e. The molecule has 7 heteroatoms. The predicted octanol–water partition coefficient (Wildman–Crippen LogP) is 1.05. The molecule has 0 amide bonds. The highest BCUT2D eigenvalue weighted by atomic mass is 32.2. The van der Waals surface area contributed by atoms with Crippen molar-refractivity contribution in [2.24, 2.45) is 5.92 Å². The topological polar surface area (TPSA) is 86.9 Å². The fourth-order valence-electron chi connectivity index (χ4n) is 2.27. The number of hydrogen-bond acceptors (Lipinski definition) is 4. The molecule has 0 bridgehead atoms. The molecule has 1 heterocycles. The highest BCUT2D eigenvalue weighted by molar-refractivity contribution is 7.89. The summed E-state index contributed by atoms with van der Waals surface area (Å²) in [4.78, 5) is 0. The molecule has 0 radical (unpaired) electrons. The first kappa shape index (κ1) is 14.0. The number of hydrogen-bond donors (Lipinski definition) is 3. The van der Waals surface area contributed by atoms with Crippen molar-refractivity contribution in [1.82, 2.24) is 20.2 Å². The summed E-state index contributed by atoms with van der Waals surface area (Å²) < 4.78 is 27.3. The molecule has 3 rings (SSSR count). The summed E-state index contributed by atoms with van der Waals surface area (Å²) in [5.41, 5.74) is 1.58. The van der Waals surface area contributed by atoms with Gasteiger partial charge in [-0.15, -0.1) is 0 Å². The first-order chi connectivity index (χ1) is 9.56. The van der Waals surface area contributed by atoms with Crippen molar-refractivity contribution in [2.75, 3.05) is 6.54 Å². The number of H-pyrrole nitrogens is 1. The van der Waals surface area contributed by atoms with Crippen LogP contribution >= 0.6 is 0 Å². The van der Waals surface area contributed by atoms with Gasteiger partial charge in [-0.05, 0) is 32.1 Å². The van der Waals surface area contributed by atoms with Crippen LogP contribution in [0.5, 0.6) is 0 Å². The Kier molecular flexibility index (Phi) is 3.83. The molecule has 0 aliphatic heterocycles. The number of aromatic amines is 1. The van der Waals surface area contributed by atoms with Gasteiger partial charge >= 0.3 is 0 Å². The van der Waals surface area contributed by atoms with E-state index in [0.717, 1.165) is 23.6 Å². The molecule has 112 valence electrons. The van der Waals surface area contributed by atoms with Crippen molar-refractivity contribution in [1.29, 1.82) is 0 Å². The maximum Gasteiger partial charge on any atom is 0.260 e. The molecule has 1 aromatic heterocycles. The van der Waals surface area contributed by atoms with Gasteiger partial charge in [0.15, 0.2) is 5.03 Å². The number of aromatic nitrogens is 2. The second-order valence-electron chi connectivity index (χ2n) is 5.92. The van der Waals surface area contributed by atoms with Gasteiger partial charge in [-0.3, -0.25) is 5.10 Å². The lowest BCUT2D eigenvalue weighted by Gasteiger charge is -2.07. The van der Waals surface area contributed by atoms with Crippen LogP contribution in [0, 0.1) is 12.8 Å². The lowest BCUT2D eigenvalue weighted by molar-refractivity contribution is 0.568. The van der Waals surface area contributed by atoms with E-state index >= 15 is 0 Å². The third-order valence-electron chi connectivity index (χ3n) is 3.98. The van der Waals surface area contributed by atoms with Crippen molar-refractivity contribution >= 4 is 10.0 Å². The zero-order chi connectivity index (χ0) is 14.2. The summed E-state index contributed by atoms with van der Waals surface area (Å²) in [7, 11) is -3.50. The zero-order valence-electron chi connectivity index (χ0n) is 11.8. The highest BCUT2D eigenvalue weighted by Gasteiger charge is 2.27. The van der Waals surface area contributed by atoms with Gasteiger partial charge in [0, 0.05) is 30.4 Å². The third-order valence-corrected chi connectivity index (χ3v) is 5.41. The summed E-state index contributed by atoms with van der Waals surface area (Å²) in [6, 6.07) is 0.544. The first-order valence-corrected chi connectivity index (χ1v) is 8.81. The van der Waals surface area contributed by atoms with E-state index in [1.54, 1.807) is 0 Å². The van der Waals surface area contributed by atoms with E-state index in [1.807, 2.05) is 6.92 Å². The molecule has 2 aliphatic carbocycles. The molecule has 0 spiro atoms. The van der Waals surface area contributed by atoms with Gasteiger partial charge in [0.2, 0.25) is 0 Å². The Balaban J connectivity index is 1.66. The average Bonchev–Trinajstić information content (AvgIpc) is 3.28. The van der Waals surface area contributed by atoms with Crippen molar-refractivity contribution in [3.05, 3.63) is 11.3 Å². The molecule has 2 fully saturated rings. The maximum atomic E-state index is 12.3. The second-order valence-corrected chi connectivity index (χ2v) is 7.60. The van der Waals surface area contributed by atoms with Crippen LogP contribution < -0.4 is 10.0 Å². The van der Waals surface area contributed by atoms with E-state index in [-0.39, 0.29) is 5.03 Å². The molecular formula is C13H22N4O2S. The molecular weight excluding hydrogens is 276 g/mol. The highest BCUT2D eigenvalue weighted by Crippen LogP contribution is 2.31. The van der Waals surface area contributed by atoms with Gasteiger partial charge in [-0.25, -0.2) is 13.1 Å². The number of aryl methyl sites for hydroxylation is 1. The molecule has 2 saturated carbocycles. The molecule has 6 nitrogen and oxygen atoms in total. The summed E-state index contributed by atoms with van der Waals surface area (Å²) in [5.74, 6) is 0.717. The molecule has 0 aromatic carbocycles. The standard InChI is InChI=1S/C13H22N4O2S/c1-9-12(8-14-11-4-5-11)13(17-16-9)20(18,19)15-7-6-10-2-3-10/h10-11,14-15H,2-8H2,1H3,(H,16,17). The molecule has 1 aromatic rings. The Morgan fingerprint density at radius 2 is 2.05 bits per heavy atom. The summed E-state index contributed by atoms with van der Waals surface area (Å²) in [6.45, 7) is 2.93. The van der Waals surface area contributed by atoms with E-state index in [0.29, 0.717) is 19.1 Å². The van der Waals surface area contributed by atoms with E-state index in [1.165, 1.54) is 25.7 Å². The largest absolute Gasteiger partial charge is 0.310 e. The fourth-order valence-corrected chi connectivity index (χ4v) is 3.51. The summed E-state index contributed by atoms with van der Waals surface area (Å²) in [5, 5.41) is 10.3. The molecule has 0 saturated heterocycles. The van der Waals surface area contributed by atoms with Crippen molar-refractivity contribution < 1.29 is 8.42 Å². The second kappa shape index (κ2) is 5.46. The van der Waals surface area contributed by atoms with Gasteiger partial charge in [0.1, 0.15) is 0 Å². The molecule has 3 N–H and O–H groups in total. The molecule has 0 atom stereocenters. The lowest BCUT2D eigenvalue weighted by atomic mass is 10.2. The van der Waals surface area contributed by atoms with E-state index < -0.39 is 10.0 Å². The number of sulfonamides is 1. The van der Waals surface area contributed by atoms with E-state index in [4.69, 9.17) is 0 Å². The van der Waals surface area contributed by atoms with E-state index in [9.17, 15) is 8.42 Å². The minimum atomic E-state index is -3.50. The Morgan fingerprint density at radius 3 is 2.70 bits per heavy atom. The molecule has 0 unspecified atom stereocenters. The van der Waals surface area contributed by atoms with Crippen molar-refractivity contribution in [3.63, 3.8) is 0 Å². The van der Waals surface area contributed by atoms with Crippen LogP contribution in [0.15, 0.2) is 5.03 Å². The Labute approximate surface area is 119 Å². The van der Waals surface area contributed by atoms with Crippen LogP contribution in [0.1, 0.15) is 43.4 Å². The summed E-state index contributed by atoms with van der Waals surface area (Å²) in [6.07, 6.45) is 5.76. The number of rotatable bonds is 8. The average molecular weight is 298 g/mol. The van der Waals surface area contributed by atoms with Crippen LogP contribution in [-0.4, -0.2) is 31.2 Å². The normalized spacial score (nSPS) is 19.4. The fraction of sp³-hybridized carbons (Fsp3) is 0.769. The number of nitrogens with one attached hydrogen (secondary N) is 3. The van der Waals surface area contributed by atoms with Crippen LogP contribution in [-0.2, 0) is 16.6 Å². The van der Waals surface area contributed by atoms with Gasteiger partial charge < -0.3 is 5.32 Å². The SMILES string of the molecule is Cc1[nH]nc(S(=O)(=O)NCCC2CC2)c1CNC1CC1. The van der Waals surface area contributed by atoms with Crippen LogP contribution in [0.25, 0.3) is 0 Å². The molecule has 20 heavy (non-hydrogen) atoms. The quantitative estimate of drug-likeness (QED) is 0.669. The zero-order valence-corrected chi connectivity index (χ0v) is 12.6. The van der Waals surface area contributed by atoms with Crippen molar-refractivity contribution in [2.45, 2.75) is 56.6 Å². The van der Waals surface area contributed by atoms with Gasteiger partial charge in [0.05, 0.1) is 0 Å². The Hall–Kier alpha value is -0.920. The monoisotopic (exact) mass is 298 g/mol. The molecule has 2 aliphatic rings. The van der Waals surface area contributed by atoms with Crippen LogP contribution in [0.2, 0.25) is 0 Å². The predicted molar refractivity (Wildman–Crippen MR) is 75.7 cm³/mol. The minimum absolute atomic E-state index is 0.152.